The van der Waals surface area contributed by atoms with Gasteiger partial charge in [0.25, 0.3) is 0 Å². The Bertz CT molecular complexity index is 221. The molecule has 1 saturated heterocycles. The SMILES string of the molecule is CNC1CCOCC1N(CCN(C)C)CC(C)C. The minimum absolute atomic E-state index is 0.520. The van der Waals surface area contributed by atoms with Crippen LogP contribution in [0.2, 0.25) is 0 Å². The zero-order valence-corrected chi connectivity index (χ0v) is 12.8. The molecule has 0 amide bonds. The van der Waals surface area contributed by atoms with Gasteiger partial charge in [-0.05, 0) is 33.5 Å². The molecule has 1 fully saturated rings. The molecule has 0 aliphatic carbocycles. The van der Waals surface area contributed by atoms with Gasteiger partial charge in [0.05, 0.1) is 6.61 Å². The van der Waals surface area contributed by atoms with E-state index in [0.717, 1.165) is 39.3 Å². The molecule has 1 aliphatic heterocycles. The van der Waals surface area contributed by atoms with Crippen LogP contribution >= 0.6 is 0 Å². The molecule has 2 atom stereocenters. The second kappa shape index (κ2) is 8.10. The van der Waals surface area contributed by atoms with Crippen molar-refractivity contribution in [2.45, 2.75) is 32.4 Å². The highest BCUT2D eigenvalue weighted by molar-refractivity contribution is 4.87. The molecule has 18 heavy (non-hydrogen) atoms. The summed E-state index contributed by atoms with van der Waals surface area (Å²) < 4.78 is 5.69. The van der Waals surface area contributed by atoms with Crippen LogP contribution in [0.5, 0.6) is 0 Å². The average Bonchev–Trinajstić information content (AvgIpc) is 2.33. The van der Waals surface area contributed by atoms with E-state index in [-0.39, 0.29) is 0 Å². The van der Waals surface area contributed by atoms with Gasteiger partial charge in [0.15, 0.2) is 0 Å². The number of nitrogens with zero attached hydrogens (tertiary/aromatic N) is 2. The normalized spacial score (nSPS) is 25.3. The highest BCUT2D eigenvalue weighted by atomic mass is 16.5. The summed E-state index contributed by atoms with van der Waals surface area (Å²) in [7, 11) is 6.35. The van der Waals surface area contributed by atoms with E-state index in [1.165, 1.54) is 0 Å². The lowest BCUT2D eigenvalue weighted by Crippen LogP contribution is -2.56. The number of likely N-dealkylation sites (N-methyl/N-ethyl adjacent to an activating group) is 2. The largest absolute Gasteiger partial charge is 0.380 e. The smallest absolute Gasteiger partial charge is 0.0637 e. The molecule has 1 heterocycles. The molecule has 0 bridgehead atoms. The zero-order chi connectivity index (χ0) is 13.5. The summed E-state index contributed by atoms with van der Waals surface area (Å²) >= 11 is 0. The first-order valence-corrected chi connectivity index (χ1v) is 7.18. The highest BCUT2D eigenvalue weighted by Crippen LogP contribution is 2.15. The molecule has 0 saturated carbocycles. The van der Waals surface area contributed by atoms with Crippen molar-refractivity contribution in [2.24, 2.45) is 5.92 Å². The average molecular weight is 257 g/mol. The van der Waals surface area contributed by atoms with Gasteiger partial charge < -0.3 is 15.0 Å². The predicted octanol–water partition coefficient (Wildman–Crippen LogP) is 0.883. The van der Waals surface area contributed by atoms with Crippen LogP contribution in [0.1, 0.15) is 20.3 Å². The summed E-state index contributed by atoms with van der Waals surface area (Å²) in [6, 6.07) is 1.09. The van der Waals surface area contributed by atoms with Gasteiger partial charge in [-0.2, -0.15) is 0 Å². The molecule has 2 unspecified atom stereocenters. The standard InChI is InChI=1S/C14H31N3O/c1-12(2)10-17(8-7-16(4)5)14-11-18-9-6-13(14)15-3/h12-15H,6-11H2,1-5H3. The third-order valence-electron chi connectivity index (χ3n) is 3.60. The summed E-state index contributed by atoms with van der Waals surface area (Å²) in [4.78, 5) is 4.86. The summed E-state index contributed by atoms with van der Waals surface area (Å²) in [5.41, 5.74) is 0. The highest BCUT2D eigenvalue weighted by Gasteiger charge is 2.29. The Morgan fingerprint density at radius 2 is 2.00 bits per heavy atom. The molecule has 1 rings (SSSR count). The van der Waals surface area contributed by atoms with E-state index in [1.807, 2.05) is 0 Å². The van der Waals surface area contributed by atoms with Crippen molar-refractivity contribution < 1.29 is 4.74 Å². The number of ether oxygens (including phenoxy) is 1. The van der Waals surface area contributed by atoms with Gasteiger partial charge in [-0.25, -0.2) is 0 Å². The Kier molecular flexibility index (Phi) is 7.15. The summed E-state index contributed by atoms with van der Waals surface area (Å²) in [6.07, 6.45) is 1.12. The molecule has 1 aliphatic rings. The fourth-order valence-electron chi connectivity index (χ4n) is 2.61. The summed E-state index contributed by atoms with van der Waals surface area (Å²) in [5, 5.41) is 3.46. The molecule has 1 N–H and O–H groups in total. The topological polar surface area (TPSA) is 27.7 Å². The van der Waals surface area contributed by atoms with Crippen LogP contribution in [0.3, 0.4) is 0 Å². The van der Waals surface area contributed by atoms with Gasteiger partial charge in [0.1, 0.15) is 0 Å². The van der Waals surface area contributed by atoms with Crippen molar-refractivity contribution in [2.75, 3.05) is 54.0 Å². The minimum atomic E-state index is 0.520. The first-order chi connectivity index (χ1) is 8.54. The third-order valence-corrected chi connectivity index (χ3v) is 3.60. The lowest BCUT2D eigenvalue weighted by Gasteiger charge is -2.41. The second-order valence-electron chi connectivity index (χ2n) is 6.02. The number of hydrogen-bond donors (Lipinski definition) is 1. The molecule has 4 heteroatoms. The lowest BCUT2D eigenvalue weighted by molar-refractivity contribution is -0.00707. The predicted molar refractivity (Wildman–Crippen MR) is 77.0 cm³/mol. The maximum Gasteiger partial charge on any atom is 0.0637 e. The van der Waals surface area contributed by atoms with E-state index in [1.54, 1.807) is 0 Å². The first-order valence-electron chi connectivity index (χ1n) is 7.18. The lowest BCUT2D eigenvalue weighted by atomic mass is 10.0. The van der Waals surface area contributed by atoms with Crippen molar-refractivity contribution in [3.05, 3.63) is 0 Å². The second-order valence-corrected chi connectivity index (χ2v) is 6.02. The van der Waals surface area contributed by atoms with Crippen molar-refractivity contribution in [1.82, 2.24) is 15.1 Å². The minimum Gasteiger partial charge on any atom is -0.380 e. The molecule has 0 aromatic rings. The van der Waals surface area contributed by atoms with Crippen molar-refractivity contribution in [3.8, 4) is 0 Å². The summed E-state index contributed by atoms with van der Waals surface area (Å²) in [5.74, 6) is 0.701. The van der Waals surface area contributed by atoms with Gasteiger partial charge in [0.2, 0.25) is 0 Å². The molecule has 0 spiro atoms. The molecular formula is C14H31N3O. The van der Waals surface area contributed by atoms with Crippen molar-refractivity contribution >= 4 is 0 Å². The fraction of sp³-hybridized carbons (Fsp3) is 1.00. The Balaban J connectivity index is 2.60. The number of nitrogens with one attached hydrogen (secondary N) is 1. The maximum atomic E-state index is 5.69. The van der Waals surface area contributed by atoms with Crippen LogP contribution in [0.4, 0.5) is 0 Å². The summed E-state index contributed by atoms with van der Waals surface area (Å²) in [6.45, 7) is 9.73. The van der Waals surface area contributed by atoms with Gasteiger partial charge in [-0.1, -0.05) is 13.8 Å². The Hall–Kier alpha value is -0.160. The maximum absolute atomic E-state index is 5.69. The molecule has 4 nitrogen and oxygen atoms in total. The van der Waals surface area contributed by atoms with E-state index in [2.05, 4.69) is 50.1 Å². The van der Waals surface area contributed by atoms with Gasteiger partial charge in [0, 0.05) is 38.3 Å². The van der Waals surface area contributed by atoms with Crippen LogP contribution < -0.4 is 5.32 Å². The molecule has 108 valence electrons. The van der Waals surface area contributed by atoms with E-state index in [9.17, 15) is 0 Å². The van der Waals surface area contributed by atoms with Crippen molar-refractivity contribution in [1.29, 1.82) is 0 Å². The van der Waals surface area contributed by atoms with Crippen LogP contribution in [0, 0.1) is 5.92 Å². The Labute approximate surface area is 113 Å². The van der Waals surface area contributed by atoms with Gasteiger partial charge >= 0.3 is 0 Å². The third kappa shape index (κ3) is 5.22. The Morgan fingerprint density at radius 1 is 1.28 bits per heavy atom. The van der Waals surface area contributed by atoms with Gasteiger partial charge in [-0.3, -0.25) is 4.90 Å². The van der Waals surface area contributed by atoms with Crippen LogP contribution in [-0.4, -0.2) is 75.9 Å². The number of rotatable bonds is 7. The molecule has 0 aromatic carbocycles. The molecule has 0 radical (unpaired) electrons. The molecular weight excluding hydrogens is 226 g/mol. The van der Waals surface area contributed by atoms with E-state index in [0.29, 0.717) is 18.0 Å². The van der Waals surface area contributed by atoms with E-state index >= 15 is 0 Å². The Morgan fingerprint density at radius 3 is 2.56 bits per heavy atom. The van der Waals surface area contributed by atoms with E-state index < -0.39 is 0 Å². The first kappa shape index (κ1) is 15.9. The molecule has 0 aromatic heterocycles. The quantitative estimate of drug-likeness (QED) is 0.733. The monoisotopic (exact) mass is 257 g/mol. The fourth-order valence-corrected chi connectivity index (χ4v) is 2.61. The van der Waals surface area contributed by atoms with Crippen LogP contribution in [0.15, 0.2) is 0 Å². The van der Waals surface area contributed by atoms with Crippen LogP contribution in [-0.2, 0) is 4.74 Å². The van der Waals surface area contributed by atoms with Crippen molar-refractivity contribution in [3.63, 3.8) is 0 Å². The number of hydrogen-bond acceptors (Lipinski definition) is 4. The van der Waals surface area contributed by atoms with Gasteiger partial charge in [-0.15, -0.1) is 0 Å². The van der Waals surface area contributed by atoms with E-state index in [4.69, 9.17) is 4.74 Å². The zero-order valence-electron chi connectivity index (χ0n) is 12.8. The van der Waals surface area contributed by atoms with Crippen LogP contribution in [0.25, 0.3) is 0 Å².